The minimum atomic E-state index is -7.27. The second-order valence-corrected chi connectivity index (χ2v) is 6.59. The first-order valence-electron chi connectivity index (χ1n) is 6.21. The Bertz CT molecular complexity index is 520. The molecule has 0 amide bonds. The lowest BCUT2D eigenvalue weighted by atomic mass is 9.98. The van der Waals surface area contributed by atoms with Crippen LogP contribution in [-0.4, -0.2) is 37.8 Å². The summed E-state index contributed by atoms with van der Waals surface area (Å²) < 4.78 is 140. The summed E-state index contributed by atoms with van der Waals surface area (Å²) >= 11 is 0. The third-order valence-corrected chi connectivity index (χ3v) is 4.65. The van der Waals surface area contributed by atoms with Gasteiger partial charge in [-0.3, -0.25) is 4.18 Å². The molecule has 0 aliphatic heterocycles. The number of alkyl halides is 9. The van der Waals surface area contributed by atoms with Crippen LogP contribution in [0.3, 0.4) is 0 Å². The van der Waals surface area contributed by atoms with E-state index >= 15 is 0 Å². The van der Waals surface area contributed by atoms with Gasteiger partial charge in [0.25, 0.3) is 0 Å². The molecule has 3 nitrogen and oxygen atoms in total. The quantitative estimate of drug-likeness (QED) is 0.531. The number of rotatable bonds is 5. The van der Waals surface area contributed by atoms with Gasteiger partial charge in [0.1, 0.15) is 0 Å². The summed E-state index contributed by atoms with van der Waals surface area (Å²) in [5.74, 6) is -14.5. The van der Waals surface area contributed by atoms with E-state index in [-0.39, 0.29) is 12.8 Å². The summed E-state index contributed by atoms with van der Waals surface area (Å²) in [4.78, 5) is 0. The average Bonchev–Trinajstić information content (AvgIpc) is 2.37. The first-order chi connectivity index (χ1) is 10.1. The van der Waals surface area contributed by atoms with Crippen LogP contribution in [0.25, 0.3) is 0 Å². The molecule has 0 aromatic carbocycles. The van der Waals surface area contributed by atoms with Gasteiger partial charge in [0.2, 0.25) is 0 Å². The Morgan fingerprint density at radius 2 is 1.17 bits per heavy atom. The van der Waals surface area contributed by atoms with E-state index in [1.807, 2.05) is 0 Å². The van der Waals surface area contributed by atoms with Gasteiger partial charge in [0, 0.05) is 0 Å². The lowest BCUT2D eigenvalue weighted by Gasteiger charge is -2.33. The third kappa shape index (κ3) is 3.39. The molecular formula is C10H11F9O3S. The van der Waals surface area contributed by atoms with Gasteiger partial charge in [-0.25, -0.2) is 0 Å². The molecule has 0 unspecified atom stereocenters. The van der Waals surface area contributed by atoms with E-state index in [0.717, 1.165) is 0 Å². The lowest BCUT2D eigenvalue weighted by molar-refractivity contribution is -0.382. The van der Waals surface area contributed by atoms with Gasteiger partial charge < -0.3 is 0 Å². The molecule has 1 saturated carbocycles. The van der Waals surface area contributed by atoms with Gasteiger partial charge >= 0.3 is 33.4 Å². The topological polar surface area (TPSA) is 43.4 Å². The van der Waals surface area contributed by atoms with Crippen molar-refractivity contribution in [1.29, 1.82) is 0 Å². The Kier molecular flexibility index (Phi) is 5.28. The van der Waals surface area contributed by atoms with Crippen LogP contribution in [0.2, 0.25) is 0 Å². The molecule has 138 valence electrons. The van der Waals surface area contributed by atoms with Crippen molar-refractivity contribution in [2.45, 2.75) is 61.5 Å². The van der Waals surface area contributed by atoms with Crippen molar-refractivity contribution in [1.82, 2.24) is 0 Å². The minimum Gasteiger partial charge on any atom is -0.262 e. The van der Waals surface area contributed by atoms with Crippen LogP contribution in [-0.2, 0) is 14.3 Å². The Morgan fingerprint density at radius 1 is 0.739 bits per heavy atom. The molecule has 23 heavy (non-hydrogen) atoms. The largest absolute Gasteiger partial charge is 0.460 e. The molecule has 0 bridgehead atoms. The monoisotopic (exact) mass is 382 g/mol. The van der Waals surface area contributed by atoms with E-state index in [9.17, 15) is 47.9 Å². The standard InChI is InChI=1S/C10H11F9O3S/c11-7(12,9(15,16)17)8(13,14)10(18,19)23(20,21)22-6-4-2-1-3-5-6/h6H,1-5H2. The second-order valence-electron chi connectivity index (χ2n) is 4.97. The zero-order chi connectivity index (χ0) is 18.3. The molecule has 0 saturated heterocycles. The van der Waals surface area contributed by atoms with Gasteiger partial charge in [0.05, 0.1) is 6.10 Å². The lowest BCUT2D eigenvalue weighted by Crippen LogP contribution is -2.63. The van der Waals surface area contributed by atoms with E-state index in [2.05, 4.69) is 4.18 Å². The Hall–Kier alpha value is -0.720. The van der Waals surface area contributed by atoms with Gasteiger partial charge in [-0.1, -0.05) is 19.3 Å². The van der Waals surface area contributed by atoms with Crippen molar-refractivity contribution in [3.05, 3.63) is 0 Å². The molecule has 0 heterocycles. The number of halogens is 9. The Balaban J connectivity index is 3.16. The van der Waals surface area contributed by atoms with Crippen molar-refractivity contribution in [2.24, 2.45) is 0 Å². The summed E-state index contributed by atoms with van der Waals surface area (Å²) in [5.41, 5.74) is 0. The highest BCUT2D eigenvalue weighted by Gasteiger charge is 2.85. The summed E-state index contributed by atoms with van der Waals surface area (Å²) in [6, 6.07) is 0. The normalized spacial score (nSPS) is 19.9. The van der Waals surface area contributed by atoms with Crippen LogP contribution in [0.1, 0.15) is 32.1 Å². The van der Waals surface area contributed by atoms with Crippen LogP contribution in [0.5, 0.6) is 0 Å². The SMILES string of the molecule is O=S(=O)(OC1CCCCC1)C(F)(F)C(F)(F)C(F)(F)C(F)(F)F. The fourth-order valence-electron chi connectivity index (χ4n) is 1.92. The Labute approximate surface area is 124 Å². The zero-order valence-electron chi connectivity index (χ0n) is 11.1. The van der Waals surface area contributed by atoms with Crippen LogP contribution in [0, 0.1) is 0 Å². The first kappa shape index (κ1) is 20.3. The van der Waals surface area contributed by atoms with Crippen LogP contribution < -0.4 is 0 Å². The van der Waals surface area contributed by atoms with Crippen molar-refractivity contribution in [3.8, 4) is 0 Å². The Morgan fingerprint density at radius 3 is 1.57 bits per heavy atom. The maximum atomic E-state index is 13.3. The van der Waals surface area contributed by atoms with E-state index in [1.165, 1.54) is 0 Å². The minimum absolute atomic E-state index is 0.128. The van der Waals surface area contributed by atoms with E-state index < -0.39 is 39.5 Å². The predicted molar refractivity (Wildman–Crippen MR) is 57.8 cm³/mol. The molecule has 0 radical (unpaired) electrons. The molecule has 0 aromatic heterocycles. The molecule has 0 atom stereocenters. The molecule has 1 aliphatic rings. The predicted octanol–water partition coefficient (Wildman–Crippen LogP) is 4.09. The van der Waals surface area contributed by atoms with E-state index in [4.69, 9.17) is 0 Å². The van der Waals surface area contributed by atoms with Crippen LogP contribution in [0.15, 0.2) is 0 Å². The van der Waals surface area contributed by atoms with Crippen molar-refractivity contribution in [3.63, 3.8) is 0 Å². The summed E-state index contributed by atoms with van der Waals surface area (Å²) in [7, 11) is -6.72. The molecule has 0 aromatic rings. The summed E-state index contributed by atoms with van der Waals surface area (Å²) in [6.45, 7) is 0. The molecule has 0 spiro atoms. The van der Waals surface area contributed by atoms with Crippen LogP contribution >= 0.6 is 0 Å². The molecule has 1 fully saturated rings. The smallest absolute Gasteiger partial charge is 0.262 e. The highest BCUT2D eigenvalue weighted by Crippen LogP contribution is 2.55. The zero-order valence-corrected chi connectivity index (χ0v) is 12.0. The fourth-order valence-corrected chi connectivity index (χ4v) is 3.03. The third-order valence-electron chi connectivity index (χ3n) is 3.24. The number of hydrogen-bond donors (Lipinski definition) is 0. The summed E-state index contributed by atoms with van der Waals surface area (Å²) in [5, 5.41) is -6.77. The van der Waals surface area contributed by atoms with Gasteiger partial charge in [-0.05, 0) is 12.8 Å². The van der Waals surface area contributed by atoms with Crippen LogP contribution in [0.4, 0.5) is 39.5 Å². The average molecular weight is 382 g/mol. The van der Waals surface area contributed by atoms with Crippen molar-refractivity contribution < 1.29 is 52.1 Å². The highest BCUT2D eigenvalue weighted by molar-refractivity contribution is 7.87. The maximum Gasteiger partial charge on any atom is 0.460 e. The van der Waals surface area contributed by atoms with E-state index in [1.54, 1.807) is 0 Å². The number of hydrogen-bond acceptors (Lipinski definition) is 3. The van der Waals surface area contributed by atoms with Gasteiger partial charge in [-0.2, -0.15) is 47.9 Å². The molecule has 0 N–H and O–H groups in total. The molecule has 1 rings (SSSR count). The fraction of sp³-hybridized carbons (Fsp3) is 1.00. The molecule has 13 heteroatoms. The van der Waals surface area contributed by atoms with Crippen molar-refractivity contribution in [2.75, 3.05) is 0 Å². The molecular weight excluding hydrogens is 371 g/mol. The molecule has 1 aliphatic carbocycles. The van der Waals surface area contributed by atoms with Gasteiger partial charge in [-0.15, -0.1) is 0 Å². The van der Waals surface area contributed by atoms with Gasteiger partial charge in [0.15, 0.2) is 0 Å². The highest BCUT2D eigenvalue weighted by atomic mass is 32.2. The second kappa shape index (κ2) is 5.97. The van der Waals surface area contributed by atoms with E-state index in [0.29, 0.717) is 19.3 Å². The van der Waals surface area contributed by atoms with Crippen molar-refractivity contribution >= 4 is 10.1 Å². The summed E-state index contributed by atoms with van der Waals surface area (Å²) in [6.07, 6.45) is -7.62. The first-order valence-corrected chi connectivity index (χ1v) is 7.62. The maximum absolute atomic E-state index is 13.3.